The molecule has 0 radical (unpaired) electrons. The topological polar surface area (TPSA) is 52.3 Å². The lowest BCUT2D eigenvalue weighted by Crippen LogP contribution is -2.16. The van der Waals surface area contributed by atoms with Crippen LogP contribution in [-0.2, 0) is 4.79 Å². The van der Waals surface area contributed by atoms with Gasteiger partial charge in [-0.25, -0.2) is 0 Å². The summed E-state index contributed by atoms with van der Waals surface area (Å²) in [5.41, 5.74) is 6.39. The summed E-state index contributed by atoms with van der Waals surface area (Å²) in [4.78, 5) is 11.0. The molecule has 0 saturated heterocycles. The number of fused-ring (bicyclic) bond motifs is 1. The molecule has 0 spiro atoms. The number of hydrogen-bond donors (Lipinski definition) is 1. The number of rotatable bonds is 3. The number of nitrogens with two attached hydrogens (primary N) is 1. The van der Waals surface area contributed by atoms with Crippen molar-refractivity contribution >= 4 is 27.6 Å². The second kappa shape index (κ2) is 4.73. The molecule has 2 rings (SSSR count). The van der Waals surface area contributed by atoms with E-state index in [1.54, 1.807) is 13.2 Å². The summed E-state index contributed by atoms with van der Waals surface area (Å²) in [6.45, 7) is 0. The number of halogens is 1. The average Bonchev–Trinajstić information content (AvgIpc) is 2.36. The van der Waals surface area contributed by atoms with Gasteiger partial charge in [-0.3, -0.25) is 4.79 Å². The molecule has 2 aromatic rings. The molecule has 0 aromatic heterocycles. The van der Waals surface area contributed by atoms with Gasteiger partial charge in [0.1, 0.15) is 11.8 Å². The largest absolute Gasteiger partial charge is 0.497 e. The zero-order valence-corrected chi connectivity index (χ0v) is 10.1. The van der Waals surface area contributed by atoms with Gasteiger partial charge in [-0.05, 0) is 46.1 Å². The molecular weight excluding hydrogens is 238 g/mol. The van der Waals surface area contributed by atoms with Crippen LogP contribution in [0, 0.1) is 0 Å². The molecule has 1 atom stereocenters. The van der Waals surface area contributed by atoms with Gasteiger partial charge in [0.2, 0.25) is 5.24 Å². The van der Waals surface area contributed by atoms with Gasteiger partial charge in [-0.15, -0.1) is 0 Å². The monoisotopic (exact) mass is 249 g/mol. The van der Waals surface area contributed by atoms with Gasteiger partial charge in [-0.1, -0.05) is 18.2 Å². The minimum absolute atomic E-state index is 0.558. The molecule has 3 nitrogen and oxygen atoms in total. The summed E-state index contributed by atoms with van der Waals surface area (Å²) in [5.74, 6) is 0.794. The van der Waals surface area contributed by atoms with Crippen molar-refractivity contribution in [1.82, 2.24) is 0 Å². The third-order valence-corrected chi connectivity index (χ3v) is 2.91. The highest BCUT2D eigenvalue weighted by Crippen LogP contribution is 2.24. The Morgan fingerprint density at radius 2 is 1.88 bits per heavy atom. The second-order valence-corrected chi connectivity index (χ2v) is 4.13. The Morgan fingerprint density at radius 3 is 2.53 bits per heavy atom. The Balaban J connectivity index is 2.48. The van der Waals surface area contributed by atoms with Crippen molar-refractivity contribution in [2.45, 2.75) is 6.04 Å². The van der Waals surface area contributed by atoms with Crippen LogP contribution in [0.15, 0.2) is 36.4 Å². The molecule has 4 heteroatoms. The van der Waals surface area contributed by atoms with Crippen LogP contribution >= 0.6 is 11.6 Å². The predicted molar refractivity (Wildman–Crippen MR) is 68.3 cm³/mol. The molecule has 0 unspecified atom stereocenters. The van der Waals surface area contributed by atoms with Gasteiger partial charge in [-0.2, -0.15) is 0 Å². The minimum atomic E-state index is -0.775. The Bertz CT molecular complexity index is 568. The van der Waals surface area contributed by atoms with E-state index in [9.17, 15) is 4.79 Å². The van der Waals surface area contributed by atoms with Gasteiger partial charge in [0.05, 0.1) is 7.11 Å². The zero-order valence-electron chi connectivity index (χ0n) is 9.31. The van der Waals surface area contributed by atoms with Crippen LogP contribution in [0.5, 0.6) is 5.75 Å². The van der Waals surface area contributed by atoms with Crippen molar-refractivity contribution in [3.63, 3.8) is 0 Å². The Morgan fingerprint density at radius 1 is 1.24 bits per heavy atom. The molecule has 0 aliphatic heterocycles. The first-order valence-electron chi connectivity index (χ1n) is 5.14. The van der Waals surface area contributed by atoms with Crippen LogP contribution < -0.4 is 10.5 Å². The van der Waals surface area contributed by atoms with Gasteiger partial charge < -0.3 is 10.5 Å². The van der Waals surface area contributed by atoms with Gasteiger partial charge in [0, 0.05) is 0 Å². The lowest BCUT2D eigenvalue weighted by Gasteiger charge is -2.09. The van der Waals surface area contributed by atoms with E-state index in [4.69, 9.17) is 22.1 Å². The van der Waals surface area contributed by atoms with Crippen LogP contribution in [0.25, 0.3) is 10.8 Å². The number of methoxy groups -OCH3 is 1. The Hall–Kier alpha value is -1.58. The summed E-state index contributed by atoms with van der Waals surface area (Å²) >= 11 is 5.38. The highest BCUT2D eigenvalue weighted by atomic mass is 35.5. The zero-order chi connectivity index (χ0) is 12.4. The number of carbonyl (C=O) groups is 1. The maximum atomic E-state index is 11.0. The van der Waals surface area contributed by atoms with Crippen molar-refractivity contribution in [2.24, 2.45) is 5.73 Å². The van der Waals surface area contributed by atoms with Crippen LogP contribution in [-0.4, -0.2) is 12.4 Å². The van der Waals surface area contributed by atoms with Crippen molar-refractivity contribution in [2.75, 3.05) is 7.11 Å². The van der Waals surface area contributed by atoms with Crippen LogP contribution in [0.4, 0.5) is 0 Å². The fraction of sp³-hybridized carbons (Fsp3) is 0.154. The maximum absolute atomic E-state index is 11.0. The fourth-order valence-electron chi connectivity index (χ4n) is 1.69. The van der Waals surface area contributed by atoms with E-state index < -0.39 is 11.3 Å². The number of hydrogen-bond acceptors (Lipinski definition) is 3. The van der Waals surface area contributed by atoms with Crippen molar-refractivity contribution in [3.8, 4) is 5.75 Å². The molecule has 0 amide bonds. The third-order valence-electron chi connectivity index (χ3n) is 2.68. The third kappa shape index (κ3) is 2.40. The SMILES string of the molecule is COc1ccc2cc([C@H](N)C(=O)Cl)ccc2c1. The van der Waals surface area contributed by atoms with E-state index in [1.807, 2.05) is 30.3 Å². The number of carbonyl (C=O) groups excluding carboxylic acids is 1. The highest BCUT2D eigenvalue weighted by Gasteiger charge is 2.13. The molecule has 0 bridgehead atoms. The smallest absolute Gasteiger partial charge is 0.242 e. The molecule has 2 aromatic carbocycles. The maximum Gasteiger partial charge on any atom is 0.242 e. The van der Waals surface area contributed by atoms with Gasteiger partial charge in [0.15, 0.2) is 0 Å². The van der Waals surface area contributed by atoms with E-state index in [1.165, 1.54) is 0 Å². The molecule has 88 valence electrons. The molecular formula is C13H12ClNO2. The van der Waals surface area contributed by atoms with E-state index in [2.05, 4.69) is 0 Å². The first-order chi connectivity index (χ1) is 8.11. The molecule has 17 heavy (non-hydrogen) atoms. The normalized spacial score (nSPS) is 12.4. The van der Waals surface area contributed by atoms with Crippen LogP contribution in [0.2, 0.25) is 0 Å². The first-order valence-corrected chi connectivity index (χ1v) is 5.52. The van der Waals surface area contributed by atoms with Gasteiger partial charge >= 0.3 is 0 Å². The summed E-state index contributed by atoms with van der Waals surface area (Å²) in [7, 11) is 1.62. The molecule has 0 aliphatic carbocycles. The number of ether oxygens (including phenoxy) is 1. The highest BCUT2D eigenvalue weighted by molar-refractivity contribution is 6.64. The summed E-state index contributed by atoms with van der Waals surface area (Å²) in [6, 6.07) is 10.5. The van der Waals surface area contributed by atoms with E-state index >= 15 is 0 Å². The average molecular weight is 250 g/mol. The molecule has 2 N–H and O–H groups in total. The van der Waals surface area contributed by atoms with E-state index in [-0.39, 0.29) is 0 Å². The van der Waals surface area contributed by atoms with Crippen LogP contribution in [0.1, 0.15) is 11.6 Å². The fourth-order valence-corrected chi connectivity index (χ4v) is 1.82. The Labute approximate surface area is 104 Å². The van der Waals surface area contributed by atoms with Gasteiger partial charge in [0.25, 0.3) is 0 Å². The van der Waals surface area contributed by atoms with Crippen molar-refractivity contribution in [1.29, 1.82) is 0 Å². The van der Waals surface area contributed by atoms with Crippen LogP contribution in [0.3, 0.4) is 0 Å². The minimum Gasteiger partial charge on any atom is -0.497 e. The summed E-state index contributed by atoms with van der Waals surface area (Å²) in [6.07, 6.45) is 0. The number of benzene rings is 2. The molecule has 0 aliphatic rings. The molecule has 0 fully saturated rings. The quantitative estimate of drug-likeness (QED) is 0.851. The second-order valence-electron chi connectivity index (χ2n) is 3.75. The van der Waals surface area contributed by atoms with E-state index in [0.717, 1.165) is 16.5 Å². The Kier molecular flexibility index (Phi) is 3.31. The predicted octanol–water partition coefficient (Wildman–Crippen LogP) is 2.61. The lowest BCUT2D eigenvalue weighted by molar-refractivity contribution is -0.112. The summed E-state index contributed by atoms with van der Waals surface area (Å²) < 4.78 is 5.14. The van der Waals surface area contributed by atoms with Crippen molar-refractivity contribution < 1.29 is 9.53 Å². The summed E-state index contributed by atoms with van der Waals surface area (Å²) in [5, 5.41) is 1.47. The first kappa shape index (κ1) is 11.9. The van der Waals surface area contributed by atoms with Crippen molar-refractivity contribution in [3.05, 3.63) is 42.0 Å². The molecule has 0 heterocycles. The van der Waals surface area contributed by atoms with E-state index in [0.29, 0.717) is 5.56 Å². The standard InChI is InChI=1S/C13H12ClNO2/c1-17-11-5-4-8-6-10(12(15)13(14)16)3-2-9(8)7-11/h2-7,12H,15H2,1H3/t12-/m0/s1. The lowest BCUT2D eigenvalue weighted by atomic mass is 10.0. The molecule has 0 saturated carbocycles.